The molecule has 98 valence electrons. The molecule has 1 fully saturated rings. The van der Waals surface area contributed by atoms with Crippen molar-refractivity contribution in [2.24, 2.45) is 5.73 Å². The van der Waals surface area contributed by atoms with Crippen LogP contribution in [0.2, 0.25) is 0 Å². The number of aromatic nitrogens is 1. The summed E-state index contributed by atoms with van der Waals surface area (Å²) in [6, 6.07) is 3.17. The largest absolute Gasteiger partial charge is 0.337 e. The minimum atomic E-state index is -0.223. The number of aryl methyl sites for hydroxylation is 1. The molecule has 5 heteroatoms. The average Bonchev–Trinajstić information content (AvgIpc) is 2.37. The number of carbonyl (C=O) groups excluding carboxylic acids is 1. The molecule has 2 heterocycles. The minimum Gasteiger partial charge on any atom is -0.337 e. The predicted molar refractivity (Wildman–Crippen MR) is 69.6 cm³/mol. The number of carbonyl (C=O) groups is 1. The normalized spacial score (nSPS) is 19.9. The minimum absolute atomic E-state index is 0.0512. The van der Waals surface area contributed by atoms with Gasteiger partial charge in [0, 0.05) is 36.5 Å². The highest BCUT2D eigenvalue weighted by Crippen LogP contribution is 2.12. The van der Waals surface area contributed by atoms with Crippen LogP contribution in [0, 0.1) is 0 Å². The van der Waals surface area contributed by atoms with Crippen molar-refractivity contribution in [2.45, 2.75) is 32.2 Å². The van der Waals surface area contributed by atoms with Gasteiger partial charge in [0.2, 0.25) is 5.56 Å². The molecule has 0 aromatic carbocycles. The number of nitrogens with zero attached hydrogens (tertiary/aromatic N) is 1. The van der Waals surface area contributed by atoms with Gasteiger partial charge in [-0.25, -0.2) is 0 Å². The average molecular weight is 249 g/mol. The van der Waals surface area contributed by atoms with E-state index in [0.29, 0.717) is 18.5 Å². The van der Waals surface area contributed by atoms with Crippen molar-refractivity contribution in [3.8, 4) is 0 Å². The lowest BCUT2D eigenvalue weighted by atomic mass is 10.1. The number of pyridine rings is 1. The summed E-state index contributed by atoms with van der Waals surface area (Å²) in [4.78, 5) is 28.2. The van der Waals surface area contributed by atoms with Crippen LogP contribution < -0.4 is 11.3 Å². The molecule has 5 nitrogen and oxygen atoms in total. The van der Waals surface area contributed by atoms with Crippen LogP contribution in [0.1, 0.15) is 35.8 Å². The van der Waals surface area contributed by atoms with Crippen molar-refractivity contribution in [1.82, 2.24) is 9.88 Å². The third kappa shape index (κ3) is 2.79. The number of rotatable bonds is 2. The van der Waals surface area contributed by atoms with E-state index in [1.54, 1.807) is 11.0 Å². The third-order valence-electron chi connectivity index (χ3n) is 3.27. The number of aromatic amines is 1. The lowest BCUT2D eigenvalue weighted by Crippen LogP contribution is -2.45. The molecular weight excluding hydrogens is 230 g/mol. The van der Waals surface area contributed by atoms with Crippen molar-refractivity contribution in [3.63, 3.8) is 0 Å². The van der Waals surface area contributed by atoms with E-state index in [4.69, 9.17) is 5.73 Å². The van der Waals surface area contributed by atoms with Gasteiger partial charge in [-0.15, -0.1) is 0 Å². The van der Waals surface area contributed by atoms with Crippen LogP contribution in [0.15, 0.2) is 16.9 Å². The van der Waals surface area contributed by atoms with Crippen LogP contribution in [-0.2, 0) is 6.42 Å². The van der Waals surface area contributed by atoms with Crippen LogP contribution in [0.25, 0.3) is 0 Å². The van der Waals surface area contributed by atoms with E-state index >= 15 is 0 Å². The fraction of sp³-hybridized carbons (Fsp3) is 0.538. The van der Waals surface area contributed by atoms with Crippen LogP contribution in [0.4, 0.5) is 0 Å². The highest BCUT2D eigenvalue weighted by atomic mass is 16.2. The predicted octanol–water partition coefficient (Wildman–Crippen LogP) is 0.501. The van der Waals surface area contributed by atoms with Crippen molar-refractivity contribution in [1.29, 1.82) is 0 Å². The molecule has 2 rings (SSSR count). The van der Waals surface area contributed by atoms with Gasteiger partial charge in [0.05, 0.1) is 0 Å². The lowest BCUT2D eigenvalue weighted by molar-refractivity contribution is 0.0708. The number of hydrogen-bond donors (Lipinski definition) is 2. The van der Waals surface area contributed by atoms with Gasteiger partial charge in [-0.1, -0.05) is 6.92 Å². The van der Waals surface area contributed by atoms with E-state index in [1.807, 2.05) is 6.92 Å². The Morgan fingerprint density at radius 3 is 3.00 bits per heavy atom. The zero-order chi connectivity index (χ0) is 13.1. The third-order valence-corrected chi connectivity index (χ3v) is 3.27. The molecule has 0 bridgehead atoms. The first kappa shape index (κ1) is 12.8. The Labute approximate surface area is 106 Å². The first-order valence-corrected chi connectivity index (χ1v) is 6.38. The molecule has 1 aliphatic heterocycles. The molecule has 0 aliphatic carbocycles. The summed E-state index contributed by atoms with van der Waals surface area (Å²) in [7, 11) is 0. The SMILES string of the molecule is CCc1cc(C(=O)N2CCCC(N)C2)cc(=O)[nH]1. The quantitative estimate of drug-likeness (QED) is 0.801. The molecule has 3 N–H and O–H groups in total. The van der Waals surface area contributed by atoms with Gasteiger partial charge < -0.3 is 15.6 Å². The number of H-pyrrole nitrogens is 1. The number of likely N-dealkylation sites (tertiary alicyclic amines) is 1. The molecule has 1 aromatic rings. The van der Waals surface area contributed by atoms with E-state index in [2.05, 4.69) is 4.98 Å². The summed E-state index contributed by atoms with van der Waals surface area (Å²) in [5.41, 5.74) is 6.89. The summed E-state index contributed by atoms with van der Waals surface area (Å²) in [5, 5.41) is 0. The second kappa shape index (κ2) is 5.35. The van der Waals surface area contributed by atoms with Crippen molar-refractivity contribution in [3.05, 3.63) is 33.7 Å². The molecule has 0 saturated carbocycles. The molecule has 0 spiro atoms. The van der Waals surface area contributed by atoms with Gasteiger partial charge in [0.25, 0.3) is 5.91 Å². The number of nitrogens with one attached hydrogen (secondary N) is 1. The fourth-order valence-electron chi connectivity index (χ4n) is 2.29. The Balaban J connectivity index is 2.22. The Morgan fingerprint density at radius 1 is 1.56 bits per heavy atom. The summed E-state index contributed by atoms with van der Waals surface area (Å²) >= 11 is 0. The molecule has 1 amide bonds. The van der Waals surface area contributed by atoms with Crippen LogP contribution in [0.5, 0.6) is 0 Å². The summed E-state index contributed by atoms with van der Waals surface area (Å²) in [5.74, 6) is -0.0917. The molecular formula is C13H19N3O2. The zero-order valence-electron chi connectivity index (χ0n) is 10.6. The maximum Gasteiger partial charge on any atom is 0.254 e. The molecule has 0 radical (unpaired) electrons. The van der Waals surface area contributed by atoms with E-state index in [0.717, 1.165) is 25.1 Å². The molecule has 1 unspecified atom stereocenters. The van der Waals surface area contributed by atoms with Gasteiger partial charge in [-0.2, -0.15) is 0 Å². The Bertz CT molecular complexity index is 495. The maximum atomic E-state index is 12.3. The number of piperidine rings is 1. The molecule has 1 saturated heterocycles. The summed E-state index contributed by atoms with van der Waals surface area (Å²) in [6.07, 6.45) is 2.59. The number of amides is 1. The van der Waals surface area contributed by atoms with Crippen molar-refractivity contribution >= 4 is 5.91 Å². The molecule has 1 aliphatic rings. The Hall–Kier alpha value is -1.62. The van der Waals surface area contributed by atoms with Gasteiger partial charge in [-0.05, 0) is 25.3 Å². The topological polar surface area (TPSA) is 79.2 Å². The van der Waals surface area contributed by atoms with Crippen molar-refractivity contribution in [2.75, 3.05) is 13.1 Å². The van der Waals surface area contributed by atoms with Crippen LogP contribution in [0.3, 0.4) is 0 Å². The van der Waals surface area contributed by atoms with Gasteiger partial charge in [-0.3, -0.25) is 9.59 Å². The number of hydrogen-bond acceptors (Lipinski definition) is 3. The Morgan fingerprint density at radius 2 is 2.33 bits per heavy atom. The van der Waals surface area contributed by atoms with E-state index in [9.17, 15) is 9.59 Å². The molecule has 1 atom stereocenters. The first-order valence-electron chi connectivity index (χ1n) is 6.38. The van der Waals surface area contributed by atoms with E-state index in [1.165, 1.54) is 6.07 Å². The fourth-order valence-corrected chi connectivity index (χ4v) is 2.29. The van der Waals surface area contributed by atoms with E-state index in [-0.39, 0.29) is 17.5 Å². The number of nitrogens with two attached hydrogens (primary N) is 1. The molecule has 1 aromatic heterocycles. The highest BCUT2D eigenvalue weighted by molar-refractivity contribution is 5.94. The van der Waals surface area contributed by atoms with Crippen molar-refractivity contribution < 1.29 is 4.79 Å². The monoisotopic (exact) mass is 249 g/mol. The lowest BCUT2D eigenvalue weighted by Gasteiger charge is -2.30. The summed E-state index contributed by atoms with van der Waals surface area (Å²) in [6.45, 7) is 3.24. The highest BCUT2D eigenvalue weighted by Gasteiger charge is 2.22. The standard InChI is InChI=1S/C13H19N3O2/c1-2-11-6-9(7-12(17)15-11)13(18)16-5-3-4-10(14)8-16/h6-7,10H,2-5,8,14H2,1H3,(H,15,17). The molecule has 18 heavy (non-hydrogen) atoms. The van der Waals surface area contributed by atoms with Crippen LogP contribution in [-0.4, -0.2) is 34.9 Å². The zero-order valence-corrected chi connectivity index (χ0v) is 10.6. The smallest absolute Gasteiger partial charge is 0.254 e. The van der Waals surface area contributed by atoms with Gasteiger partial charge in [0.15, 0.2) is 0 Å². The van der Waals surface area contributed by atoms with E-state index < -0.39 is 0 Å². The maximum absolute atomic E-state index is 12.3. The van der Waals surface area contributed by atoms with Crippen LogP contribution >= 0.6 is 0 Å². The van der Waals surface area contributed by atoms with Gasteiger partial charge in [0.1, 0.15) is 0 Å². The second-order valence-electron chi connectivity index (χ2n) is 4.77. The Kier molecular flexibility index (Phi) is 3.81. The summed E-state index contributed by atoms with van der Waals surface area (Å²) < 4.78 is 0. The van der Waals surface area contributed by atoms with Gasteiger partial charge >= 0.3 is 0 Å². The first-order chi connectivity index (χ1) is 8.60. The second-order valence-corrected chi connectivity index (χ2v) is 4.77.